The Morgan fingerprint density at radius 2 is 0.851 bits per heavy atom. The number of aryl methyl sites for hydroxylation is 6. The van der Waals surface area contributed by atoms with Crippen LogP contribution in [0.25, 0.3) is 0 Å². The Hall–Kier alpha value is -2.72. The number of rotatable bonds is 22. The molecule has 0 aliphatic heterocycles. The van der Waals surface area contributed by atoms with Crippen LogP contribution in [0.3, 0.4) is 0 Å². The first-order valence-electron chi connectivity index (χ1n) is 19.0. The molecule has 0 aliphatic rings. The maximum atomic E-state index is 13.3. The van der Waals surface area contributed by atoms with Crippen molar-refractivity contribution in [2.45, 2.75) is 172 Å². The van der Waals surface area contributed by atoms with Gasteiger partial charge in [0.2, 0.25) is 0 Å². The zero-order chi connectivity index (χ0) is 34.1. The van der Waals surface area contributed by atoms with Gasteiger partial charge in [-0.1, -0.05) is 123 Å². The lowest BCUT2D eigenvalue weighted by Crippen LogP contribution is -2.19. The average Bonchev–Trinajstić information content (AvgIpc) is 3.08. The largest absolute Gasteiger partial charge is 0.517 e. The van der Waals surface area contributed by atoms with Gasteiger partial charge in [0.05, 0.1) is 0 Å². The SMILES string of the molecule is CCCCc1cc(CCCC)c(S(OC(=O)O)(c2ccccc2)c2c(CCCC)cc(CCCC)cc2CCCC)c(CCCC)c1. The van der Waals surface area contributed by atoms with E-state index >= 15 is 0 Å². The fraction of sp³-hybridized carbons (Fsp3) is 0.558. The number of carbonyl (C=O) groups is 1. The second kappa shape index (κ2) is 20.6. The molecule has 0 aliphatic carbocycles. The Morgan fingerprint density at radius 3 is 1.15 bits per heavy atom. The van der Waals surface area contributed by atoms with E-state index in [0.29, 0.717) is 0 Å². The van der Waals surface area contributed by atoms with Gasteiger partial charge in [-0.25, -0.2) is 4.79 Å². The molecule has 1 N–H and O–H groups in total. The lowest BCUT2D eigenvalue weighted by Gasteiger charge is -2.44. The predicted molar refractivity (Wildman–Crippen MR) is 202 cm³/mol. The van der Waals surface area contributed by atoms with Gasteiger partial charge >= 0.3 is 6.16 Å². The molecule has 3 aromatic carbocycles. The first-order valence-corrected chi connectivity index (χ1v) is 20.6. The summed E-state index contributed by atoms with van der Waals surface area (Å²) in [6, 6.07) is 20.2. The van der Waals surface area contributed by atoms with Crippen molar-refractivity contribution in [1.82, 2.24) is 0 Å². The molecule has 0 aromatic heterocycles. The third-order valence-corrected chi connectivity index (χ3v) is 12.8. The summed E-state index contributed by atoms with van der Waals surface area (Å²) in [5.74, 6) is 0. The topological polar surface area (TPSA) is 46.5 Å². The molecular weight excluding hydrogens is 597 g/mol. The van der Waals surface area contributed by atoms with Crippen LogP contribution in [0.15, 0.2) is 69.3 Å². The zero-order valence-electron chi connectivity index (χ0n) is 30.6. The molecule has 260 valence electrons. The van der Waals surface area contributed by atoms with Gasteiger partial charge in [0.1, 0.15) is 0 Å². The first-order chi connectivity index (χ1) is 22.9. The molecule has 0 bridgehead atoms. The summed E-state index contributed by atoms with van der Waals surface area (Å²) in [5.41, 5.74) is 7.96. The van der Waals surface area contributed by atoms with E-state index in [1.54, 1.807) is 0 Å². The van der Waals surface area contributed by atoms with Crippen LogP contribution >= 0.6 is 10.3 Å². The quantitative estimate of drug-likeness (QED) is 0.117. The smallest absolute Gasteiger partial charge is 0.449 e. The van der Waals surface area contributed by atoms with Crippen molar-refractivity contribution in [1.29, 1.82) is 0 Å². The molecule has 0 atom stereocenters. The number of hydrogen-bond acceptors (Lipinski definition) is 2. The molecular formula is C43H64O3S. The van der Waals surface area contributed by atoms with Crippen LogP contribution in [-0.2, 0) is 42.7 Å². The summed E-state index contributed by atoms with van der Waals surface area (Å²) in [7, 11) is -2.65. The van der Waals surface area contributed by atoms with Crippen molar-refractivity contribution in [2.24, 2.45) is 0 Å². The van der Waals surface area contributed by atoms with Gasteiger partial charge in [0.15, 0.2) is 0 Å². The molecule has 0 radical (unpaired) electrons. The van der Waals surface area contributed by atoms with Crippen LogP contribution in [-0.4, -0.2) is 11.3 Å². The molecule has 3 aromatic rings. The monoisotopic (exact) mass is 660 g/mol. The van der Waals surface area contributed by atoms with E-state index in [2.05, 4.69) is 90.1 Å². The Bertz CT molecular complexity index is 1230. The zero-order valence-corrected chi connectivity index (χ0v) is 31.4. The highest BCUT2D eigenvalue weighted by atomic mass is 32.3. The molecule has 3 rings (SSSR count). The van der Waals surface area contributed by atoms with Gasteiger partial charge in [-0.15, -0.1) is 0 Å². The highest BCUT2D eigenvalue weighted by molar-refractivity contribution is 8.30. The Balaban J connectivity index is 2.64. The van der Waals surface area contributed by atoms with Crippen LogP contribution in [0.4, 0.5) is 4.79 Å². The maximum Gasteiger partial charge on any atom is 0.517 e. The minimum atomic E-state index is -2.65. The van der Waals surface area contributed by atoms with E-state index in [4.69, 9.17) is 4.18 Å². The highest BCUT2D eigenvalue weighted by Crippen LogP contribution is 2.73. The second-order valence-electron chi connectivity index (χ2n) is 13.3. The molecule has 3 nitrogen and oxygen atoms in total. The number of hydrogen-bond donors (Lipinski definition) is 1. The Kier molecular flexibility index (Phi) is 17.0. The van der Waals surface area contributed by atoms with Gasteiger partial charge in [0, 0.05) is 14.7 Å². The van der Waals surface area contributed by atoms with Crippen LogP contribution in [0.5, 0.6) is 0 Å². The first kappa shape index (κ1) is 38.7. The third-order valence-electron chi connectivity index (χ3n) is 9.29. The van der Waals surface area contributed by atoms with E-state index < -0.39 is 16.5 Å². The fourth-order valence-corrected chi connectivity index (χ4v) is 10.7. The third kappa shape index (κ3) is 10.4. The summed E-state index contributed by atoms with van der Waals surface area (Å²) in [6.07, 6.45) is 17.9. The van der Waals surface area contributed by atoms with Crippen molar-refractivity contribution in [2.75, 3.05) is 0 Å². The molecule has 0 heterocycles. The Labute approximate surface area is 289 Å². The molecule has 0 spiro atoms. The second-order valence-corrected chi connectivity index (χ2v) is 15.9. The van der Waals surface area contributed by atoms with E-state index in [1.165, 1.54) is 43.2 Å². The maximum absolute atomic E-state index is 13.3. The Morgan fingerprint density at radius 1 is 0.532 bits per heavy atom. The van der Waals surface area contributed by atoms with Gasteiger partial charge in [0.25, 0.3) is 0 Å². The lowest BCUT2D eigenvalue weighted by atomic mass is 9.96. The van der Waals surface area contributed by atoms with Gasteiger partial charge < -0.3 is 9.29 Å². The molecule has 4 heteroatoms. The number of benzene rings is 3. The molecule has 0 unspecified atom stereocenters. The van der Waals surface area contributed by atoms with Gasteiger partial charge in [-0.3, -0.25) is 0 Å². The number of unbranched alkanes of at least 4 members (excludes halogenated alkanes) is 6. The van der Waals surface area contributed by atoms with Crippen LogP contribution in [0.2, 0.25) is 0 Å². The van der Waals surface area contributed by atoms with Gasteiger partial charge in [-0.2, -0.15) is 0 Å². The van der Waals surface area contributed by atoms with Crippen LogP contribution < -0.4 is 0 Å². The van der Waals surface area contributed by atoms with Crippen molar-refractivity contribution in [3.8, 4) is 0 Å². The van der Waals surface area contributed by atoms with E-state index in [0.717, 1.165) is 120 Å². The molecule has 47 heavy (non-hydrogen) atoms. The van der Waals surface area contributed by atoms with Crippen LogP contribution in [0, 0.1) is 0 Å². The average molecular weight is 661 g/mol. The normalized spacial score (nSPS) is 12.0. The van der Waals surface area contributed by atoms with E-state index in [-0.39, 0.29) is 0 Å². The predicted octanol–water partition coefficient (Wildman–Crippen LogP) is 13.6. The summed E-state index contributed by atoms with van der Waals surface area (Å²) in [5, 5.41) is 10.8. The summed E-state index contributed by atoms with van der Waals surface area (Å²) < 4.78 is 6.72. The highest BCUT2D eigenvalue weighted by Gasteiger charge is 2.42. The van der Waals surface area contributed by atoms with Crippen molar-refractivity contribution in [3.05, 3.63) is 88.0 Å². The molecule has 0 saturated heterocycles. The minimum absolute atomic E-state index is 0.929. The summed E-state index contributed by atoms with van der Waals surface area (Å²) in [6.45, 7) is 13.5. The van der Waals surface area contributed by atoms with Crippen molar-refractivity contribution in [3.63, 3.8) is 0 Å². The fourth-order valence-electron chi connectivity index (χ4n) is 6.84. The van der Waals surface area contributed by atoms with Gasteiger partial charge in [-0.05, 0) is 133 Å². The standard InChI is InChI=1S/C43H64O3S/c1-7-13-22-34-30-36(24-15-9-3)41(37(31-34)25-16-10-4)47(46-43(44)45,40-28-20-19-21-29-40)42-38(26-17-11-5)32-35(23-14-8-2)33-39(42)27-18-12-6/h19-21,28-33H,7-18,22-27H2,1-6H3,(H,44,45). The number of carboxylic acid groups (broad SMARTS) is 1. The minimum Gasteiger partial charge on any atom is -0.449 e. The van der Waals surface area contributed by atoms with Crippen molar-refractivity contribution >= 4 is 16.5 Å². The molecule has 0 saturated carbocycles. The van der Waals surface area contributed by atoms with E-state index in [1.807, 2.05) is 6.07 Å². The molecule has 0 fully saturated rings. The van der Waals surface area contributed by atoms with Crippen molar-refractivity contribution < 1.29 is 14.1 Å². The summed E-state index contributed by atoms with van der Waals surface area (Å²) in [4.78, 5) is 16.6. The molecule has 0 amide bonds. The lowest BCUT2D eigenvalue weighted by molar-refractivity contribution is 0.150. The van der Waals surface area contributed by atoms with Crippen LogP contribution in [0.1, 0.15) is 152 Å². The van der Waals surface area contributed by atoms with E-state index in [9.17, 15) is 9.90 Å². The summed E-state index contributed by atoms with van der Waals surface area (Å²) >= 11 is 0.